The highest BCUT2D eigenvalue weighted by atomic mass is 14.9. The van der Waals surface area contributed by atoms with Gasteiger partial charge in [-0.15, -0.1) is 0 Å². The fraction of sp³-hybridized carbons (Fsp3) is 0.545. The van der Waals surface area contributed by atoms with Gasteiger partial charge in [-0.05, 0) is 25.1 Å². The molecule has 0 spiro atoms. The van der Waals surface area contributed by atoms with Crippen LogP contribution >= 0.6 is 0 Å². The first-order valence-electron chi connectivity index (χ1n) is 4.87. The second-order valence-electron chi connectivity index (χ2n) is 3.41. The molecular weight excluding hydrogens is 160 g/mol. The van der Waals surface area contributed by atoms with Crippen LogP contribution in [0.5, 0.6) is 0 Å². The highest BCUT2D eigenvalue weighted by molar-refractivity contribution is 5.09. The zero-order valence-corrected chi connectivity index (χ0v) is 8.62. The van der Waals surface area contributed by atoms with Crippen molar-refractivity contribution in [2.75, 3.05) is 7.05 Å². The van der Waals surface area contributed by atoms with E-state index < -0.39 is 0 Å². The van der Waals surface area contributed by atoms with Crippen molar-refractivity contribution in [3.05, 3.63) is 30.1 Å². The number of nitrogens with one attached hydrogen (secondary N) is 1. The first kappa shape index (κ1) is 10.2. The van der Waals surface area contributed by atoms with E-state index in [0.717, 1.165) is 5.69 Å². The molecule has 0 aromatic carbocycles. The standard InChI is InChI=1S/C11H18N2/c1-4-9(2)11(12-3)10-7-5-6-8-13-10/h5-9,11-12H,4H2,1-3H3/t9-,11-/m0/s1. The van der Waals surface area contributed by atoms with Crippen LogP contribution in [0.15, 0.2) is 24.4 Å². The fourth-order valence-corrected chi connectivity index (χ4v) is 1.52. The van der Waals surface area contributed by atoms with Crippen molar-refractivity contribution in [2.24, 2.45) is 5.92 Å². The van der Waals surface area contributed by atoms with Crippen molar-refractivity contribution in [1.82, 2.24) is 10.3 Å². The lowest BCUT2D eigenvalue weighted by molar-refractivity contribution is 0.393. The lowest BCUT2D eigenvalue weighted by atomic mass is 9.96. The topological polar surface area (TPSA) is 24.9 Å². The third kappa shape index (κ3) is 2.52. The second-order valence-corrected chi connectivity index (χ2v) is 3.41. The van der Waals surface area contributed by atoms with E-state index in [1.54, 1.807) is 0 Å². The molecule has 72 valence electrons. The van der Waals surface area contributed by atoms with Crippen LogP contribution in [0.1, 0.15) is 32.0 Å². The number of nitrogens with zero attached hydrogens (tertiary/aromatic N) is 1. The van der Waals surface area contributed by atoms with Gasteiger partial charge in [-0.1, -0.05) is 26.3 Å². The van der Waals surface area contributed by atoms with E-state index >= 15 is 0 Å². The number of pyridine rings is 1. The Balaban J connectivity index is 2.78. The van der Waals surface area contributed by atoms with Gasteiger partial charge in [0.2, 0.25) is 0 Å². The Morgan fingerprint density at radius 3 is 2.69 bits per heavy atom. The van der Waals surface area contributed by atoms with Crippen molar-refractivity contribution in [2.45, 2.75) is 26.3 Å². The molecule has 0 aliphatic heterocycles. The summed E-state index contributed by atoms with van der Waals surface area (Å²) in [5.41, 5.74) is 1.14. The van der Waals surface area contributed by atoms with Crippen molar-refractivity contribution >= 4 is 0 Å². The SMILES string of the molecule is CC[C@H](C)[C@H](NC)c1ccccn1. The third-order valence-corrected chi connectivity index (χ3v) is 2.53. The molecule has 0 saturated heterocycles. The van der Waals surface area contributed by atoms with E-state index in [-0.39, 0.29) is 0 Å². The first-order chi connectivity index (χ1) is 6.29. The number of aromatic nitrogens is 1. The summed E-state index contributed by atoms with van der Waals surface area (Å²) in [4.78, 5) is 4.36. The Bertz CT molecular complexity index is 233. The minimum absolute atomic E-state index is 0.381. The molecule has 2 heteroatoms. The van der Waals surface area contributed by atoms with Crippen molar-refractivity contribution in [3.63, 3.8) is 0 Å². The Morgan fingerprint density at radius 2 is 2.23 bits per heavy atom. The molecule has 13 heavy (non-hydrogen) atoms. The third-order valence-electron chi connectivity index (χ3n) is 2.53. The lowest BCUT2D eigenvalue weighted by Gasteiger charge is -2.21. The summed E-state index contributed by atoms with van der Waals surface area (Å²) in [5, 5.41) is 3.31. The molecule has 0 radical (unpaired) electrons. The Morgan fingerprint density at radius 1 is 1.46 bits per heavy atom. The van der Waals surface area contributed by atoms with E-state index in [2.05, 4.69) is 30.2 Å². The maximum absolute atomic E-state index is 4.36. The monoisotopic (exact) mass is 178 g/mol. The summed E-state index contributed by atoms with van der Waals surface area (Å²) in [6, 6.07) is 6.45. The molecule has 1 aromatic rings. The van der Waals surface area contributed by atoms with Gasteiger partial charge in [-0.3, -0.25) is 4.98 Å². The Labute approximate surface area is 80.4 Å². The quantitative estimate of drug-likeness (QED) is 0.765. The van der Waals surface area contributed by atoms with E-state index in [0.29, 0.717) is 12.0 Å². The molecule has 1 aromatic heterocycles. The molecule has 0 aliphatic carbocycles. The normalized spacial score (nSPS) is 15.3. The van der Waals surface area contributed by atoms with Gasteiger partial charge in [0.25, 0.3) is 0 Å². The smallest absolute Gasteiger partial charge is 0.0575 e. The molecule has 0 fully saturated rings. The molecule has 1 heterocycles. The van der Waals surface area contributed by atoms with Gasteiger partial charge in [0, 0.05) is 6.20 Å². The molecule has 0 bridgehead atoms. The summed E-state index contributed by atoms with van der Waals surface area (Å²) < 4.78 is 0. The molecule has 0 amide bonds. The molecule has 2 atom stereocenters. The van der Waals surface area contributed by atoms with Crippen molar-refractivity contribution in [1.29, 1.82) is 0 Å². The maximum Gasteiger partial charge on any atom is 0.0575 e. The Kier molecular flexibility index (Phi) is 3.90. The number of hydrogen-bond acceptors (Lipinski definition) is 2. The van der Waals surface area contributed by atoms with Gasteiger partial charge in [0.05, 0.1) is 11.7 Å². The molecule has 1 N–H and O–H groups in total. The average molecular weight is 178 g/mol. The van der Waals surface area contributed by atoms with E-state index in [9.17, 15) is 0 Å². The summed E-state index contributed by atoms with van der Waals surface area (Å²) in [5.74, 6) is 0.625. The van der Waals surface area contributed by atoms with Gasteiger partial charge in [-0.2, -0.15) is 0 Å². The predicted molar refractivity (Wildman–Crippen MR) is 55.5 cm³/mol. The summed E-state index contributed by atoms with van der Waals surface area (Å²) >= 11 is 0. The zero-order chi connectivity index (χ0) is 9.68. The minimum atomic E-state index is 0.381. The summed E-state index contributed by atoms with van der Waals surface area (Å²) in [7, 11) is 1.99. The highest BCUT2D eigenvalue weighted by Crippen LogP contribution is 2.21. The minimum Gasteiger partial charge on any atom is -0.311 e. The largest absolute Gasteiger partial charge is 0.311 e. The highest BCUT2D eigenvalue weighted by Gasteiger charge is 2.16. The molecule has 1 rings (SSSR count). The van der Waals surface area contributed by atoms with Gasteiger partial charge >= 0.3 is 0 Å². The van der Waals surface area contributed by atoms with Crippen LogP contribution in [0.25, 0.3) is 0 Å². The van der Waals surface area contributed by atoms with E-state index in [4.69, 9.17) is 0 Å². The molecule has 0 unspecified atom stereocenters. The van der Waals surface area contributed by atoms with Gasteiger partial charge < -0.3 is 5.32 Å². The molecular formula is C11H18N2. The van der Waals surface area contributed by atoms with E-state index in [1.807, 2.05) is 25.4 Å². The van der Waals surface area contributed by atoms with Crippen molar-refractivity contribution in [3.8, 4) is 0 Å². The van der Waals surface area contributed by atoms with Crippen LogP contribution in [0.2, 0.25) is 0 Å². The van der Waals surface area contributed by atoms with Gasteiger partial charge in [0.15, 0.2) is 0 Å². The second kappa shape index (κ2) is 4.97. The summed E-state index contributed by atoms with van der Waals surface area (Å²) in [6.07, 6.45) is 3.02. The van der Waals surface area contributed by atoms with Crippen LogP contribution in [0.4, 0.5) is 0 Å². The zero-order valence-electron chi connectivity index (χ0n) is 8.62. The van der Waals surface area contributed by atoms with E-state index in [1.165, 1.54) is 6.42 Å². The van der Waals surface area contributed by atoms with Gasteiger partial charge in [-0.25, -0.2) is 0 Å². The maximum atomic E-state index is 4.36. The molecule has 0 aliphatic rings. The van der Waals surface area contributed by atoms with Crippen LogP contribution < -0.4 is 5.32 Å². The van der Waals surface area contributed by atoms with Crippen LogP contribution in [-0.4, -0.2) is 12.0 Å². The fourth-order valence-electron chi connectivity index (χ4n) is 1.52. The number of rotatable bonds is 4. The molecule has 0 saturated carbocycles. The molecule has 2 nitrogen and oxygen atoms in total. The number of hydrogen-bond donors (Lipinski definition) is 1. The van der Waals surface area contributed by atoms with Crippen LogP contribution in [0, 0.1) is 5.92 Å². The summed E-state index contributed by atoms with van der Waals surface area (Å²) in [6.45, 7) is 4.45. The van der Waals surface area contributed by atoms with Gasteiger partial charge in [0.1, 0.15) is 0 Å². The lowest BCUT2D eigenvalue weighted by Crippen LogP contribution is -2.23. The Hall–Kier alpha value is -0.890. The predicted octanol–water partition coefficient (Wildman–Crippen LogP) is 2.39. The van der Waals surface area contributed by atoms with Crippen molar-refractivity contribution < 1.29 is 0 Å². The average Bonchev–Trinajstić information content (AvgIpc) is 2.20. The van der Waals surface area contributed by atoms with Crippen LogP contribution in [0.3, 0.4) is 0 Å². The first-order valence-corrected chi connectivity index (χ1v) is 4.87. The van der Waals surface area contributed by atoms with Crippen LogP contribution in [-0.2, 0) is 0 Å².